The fraction of sp³-hybridized carbons (Fsp3) is 0.286. The van der Waals surface area contributed by atoms with Crippen LogP contribution in [0.5, 0.6) is 0 Å². The predicted octanol–water partition coefficient (Wildman–Crippen LogP) is 3.13. The zero-order valence-corrected chi connectivity index (χ0v) is 45.2. The Labute approximate surface area is 451 Å². The molecular formula is C35H52N6O15S3Y3-6. The SMILES string of the molecule is COC(=O)N1[CH-]SCC1C(O)O.NC(CS)C(O)O.O=[N+]([O-])c1ccccc1.O=[N+]([O-])c1ccccc1.O=[N+]([O-])c1ccccc1.OC(O)C1CS[CH-]N1.[CH-]=O.[CH3-].[CH3-].[CH3-].[Y].[Y].[Y]. The summed E-state index contributed by atoms with van der Waals surface area (Å²) in [5, 5.41) is 83.9. The van der Waals surface area contributed by atoms with Crippen LogP contribution in [0.2, 0.25) is 0 Å². The Morgan fingerprint density at radius 3 is 1.31 bits per heavy atom. The third-order valence-corrected chi connectivity index (χ3v) is 8.22. The average molecular weight is 1160 g/mol. The number of benzene rings is 3. The van der Waals surface area contributed by atoms with E-state index in [-0.39, 0.29) is 149 Å². The van der Waals surface area contributed by atoms with Gasteiger partial charge in [-0.25, -0.2) is 10.7 Å². The number of methoxy groups -OCH3 is 1. The summed E-state index contributed by atoms with van der Waals surface area (Å²) in [5.41, 5.74) is 5.45. The van der Waals surface area contributed by atoms with Crippen molar-refractivity contribution in [2.24, 2.45) is 5.73 Å². The molecule has 345 valence electrons. The van der Waals surface area contributed by atoms with Gasteiger partial charge in [0, 0.05) is 146 Å². The summed E-state index contributed by atoms with van der Waals surface area (Å²) >= 11 is 6.61. The number of nitro benzene ring substituents is 3. The van der Waals surface area contributed by atoms with E-state index in [0.29, 0.717) is 5.75 Å². The van der Waals surface area contributed by atoms with Crippen molar-refractivity contribution in [2.45, 2.75) is 37.0 Å². The van der Waals surface area contributed by atoms with E-state index in [1.54, 1.807) is 72.2 Å². The standard InChI is InChI=1S/C6H10NO4S.3C6H5NO2.C4H8NO2S.C3H9NO2S.CHO.3CH3.3Y/c1-11-6(10)7-3-12-2-4(7)5(8)9;3*8-7(9)6-4-2-1-3-5-6;6-4(7)3-1-8-2-5-3;4-2(1-7)3(5)6;1-2;;;;;;/h3-5,8-9H,2H2,1H3;3*1-5H;2-7H,1H2;2-3,5-7H,1,4H2;1H;3*1H3;;;/q-1;;;;-1;;4*-1;;;. The van der Waals surface area contributed by atoms with Gasteiger partial charge in [-0.15, -0.1) is 0 Å². The van der Waals surface area contributed by atoms with Crippen LogP contribution in [0.3, 0.4) is 0 Å². The number of hydrogen-bond acceptors (Lipinski definition) is 20. The third-order valence-electron chi connectivity index (χ3n) is 6.04. The maximum Gasteiger partial charge on any atom is 0.380 e. The summed E-state index contributed by atoms with van der Waals surface area (Å²) in [7, 11) is 1.25. The normalized spacial score (nSPS) is 14.0. The molecule has 2 aliphatic heterocycles. The van der Waals surface area contributed by atoms with Crippen molar-refractivity contribution in [3.05, 3.63) is 155 Å². The molecule has 3 aromatic carbocycles. The van der Waals surface area contributed by atoms with Crippen molar-refractivity contribution < 1.29 is 158 Å². The van der Waals surface area contributed by atoms with Crippen molar-refractivity contribution >= 4 is 66.1 Å². The number of thiol groups is 1. The molecule has 27 heteroatoms. The molecule has 0 saturated carbocycles. The first-order valence-electron chi connectivity index (χ1n) is 15.3. The molecule has 1 amide bonds. The van der Waals surface area contributed by atoms with Crippen LogP contribution in [0.1, 0.15) is 0 Å². The summed E-state index contributed by atoms with van der Waals surface area (Å²) in [6.45, 7) is 3.25. The smallest absolute Gasteiger partial charge is 0.380 e. The van der Waals surface area contributed by atoms with Gasteiger partial charge in [0.05, 0.1) is 34.0 Å². The van der Waals surface area contributed by atoms with E-state index in [2.05, 4.69) is 29.5 Å². The maximum absolute atomic E-state index is 11.0. The van der Waals surface area contributed by atoms with Gasteiger partial charge in [0.15, 0.2) is 18.9 Å². The van der Waals surface area contributed by atoms with Crippen molar-refractivity contribution in [3.63, 3.8) is 0 Å². The number of aliphatic hydroxyl groups is 6. The first-order chi connectivity index (χ1) is 26.6. The molecule has 5 rings (SSSR count). The second-order valence-electron chi connectivity index (χ2n) is 9.97. The zero-order valence-electron chi connectivity index (χ0n) is 34.2. The molecule has 62 heavy (non-hydrogen) atoms. The molecule has 0 spiro atoms. The summed E-state index contributed by atoms with van der Waals surface area (Å²) in [4.78, 5) is 48.7. The second kappa shape index (κ2) is 49.3. The van der Waals surface area contributed by atoms with E-state index >= 15 is 0 Å². The zero-order chi connectivity index (χ0) is 43.1. The van der Waals surface area contributed by atoms with Gasteiger partial charge in [0.1, 0.15) is 0 Å². The first-order valence-corrected chi connectivity index (χ1v) is 18.1. The number of carbonyl (C=O) groups excluding carboxylic acids is 2. The van der Waals surface area contributed by atoms with Crippen LogP contribution in [-0.4, -0.2) is 125 Å². The van der Waals surface area contributed by atoms with Crippen molar-refractivity contribution in [2.75, 3.05) is 24.4 Å². The Kier molecular flexibility index (Phi) is 62.0. The number of non-ortho nitro benzene ring substituents is 3. The first kappa shape index (κ1) is 78.0. The van der Waals surface area contributed by atoms with E-state index in [1.807, 2.05) is 0 Å². The number of thioether (sulfide) groups is 2. The van der Waals surface area contributed by atoms with Gasteiger partial charge < -0.3 is 102 Å². The van der Waals surface area contributed by atoms with E-state index in [9.17, 15) is 35.1 Å². The van der Waals surface area contributed by atoms with E-state index in [1.165, 1.54) is 66.0 Å². The quantitative estimate of drug-likeness (QED) is 0.0410. The number of amides is 1. The van der Waals surface area contributed by atoms with E-state index < -0.39 is 51.8 Å². The molecule has 3 unspecified atom stereocenters. The Morgan fingerprint density at radius 1 is 0.774 bits per heavy atom. The Hall–Kier alpha value is -1.16. The summed E-state index contributed by atoms with van der Waals surface area (Å²) in [6.07, 6.45) is -4.74. The largest absolute Gasteiger partial charge is 0.545 e. The van der Waals surface area contributed by atoms with Gasteiger partial charge in [0.25, 0.3) is 17.1 Å². The number of para-hydroxylation sites is 3. The number of nitrogens with one attached hydrogen (secondary N) is 1. The molecule has 3 atom stereocenters. The van der Waals surface area contributed by atoms with Crippen molar-refractivity contribution in [3.8, 4) is 0 Å². The monoisotopic (exact) mass is 1160 g/mol. The van der Waals surface area contributed by atoms with Gasteiger partial charge in [-0.05, 0) is 11.5 Å². The molecule has 2 saturated heterocycles. The maximum atomic E-state index is 11.0. The van der Waals surface area contributed by atoms with Gasteiger partial charge >= 0.3 is 6.09 Å². The summed E-state index contributed by atoms with van der Waals surface area (Å²) in [5.74, 6) is 4.81. The van der Waals surface area contributed by atoms with E-state index in [4.69, 9.17) is 41.2 Å². The van der Waals surface area contributed by atoms with Crippen LogP contribution < -0.4 is 11.1 Å². The molecule has 3 aromatic rings. The van der Waals surface area contributed by atoms with Gasteiger partial charge in [0.2, 0.25) is 0 Å². The number of aliphatic hydroxyl groups excluding tert-OH is 3. The molecule has 0 aromatic heterocycles. The molecule has 0 bridgehead atoms. The fourth-order valence-electron chi connectivity index (χ4n) is 3.14. The minimum Gasteiger partial charge on any atom is -0.545 e. The average Bonchev–Trinajstić information content (AvgIpc) is 3.95. The van der Waals surface area contributed by atoms with Crippen LogP contribution in [0.4, 0.5) is 21.9 Å². The molecule has 21 nitrogen and oxygen atoms in total. The Balaban J connectivity index is -0.0000000921. The number of nitrogens with zero attached hydrogens (tertiary/aromatic N) is 4. The number of nitro groups is 3. The third kappa shape index (κ3) is 38.1. The van der Waals surface area contributed by atoms with Gasteiger partial charge in [-0.2, -0.15) is 18.5 Å². The van der Waals surface area contributed by atoms with Gasteiger partial charge in [-0.3, -0.25) is 37.1 Å². The molecule has 2 fully saturated rings. The minimum absolute atomic E-state index is 0. The molecule has 2 heterocycles. The summed E-state index contributed by atoms with van der Waals surface area (Å²) in [6, 6.07) is 22.4. The molecule has 3 radical (unpaired) electrons. The molecule has 9 N–H and O–H groups in total. The number of nitrogens with two attached hydrogens (primary N) is 1. The number of rotatable bonds is 7. The van der Waals surface area contributed by atoms with Crippen LogP contribution >= 0.6 is 36.2 Å². The van der Waals surface area contributed by atoms with Crippen LogP contribution in [-0.2, 0) is 108 Å². The summed E-state index contributed by atoms with van der Waals surface area (Å²) < 4.78 is 4.43. The van der Waals surface area contributed by atoms with Crippen LogP contribution in [0, 0.1) is 64.4 Å². The minimum atomic E-state index is -1.52. The number of hydrogen-bond donors (Lipinski definition) is 9. The Bertz CT molecular complexity index is 1390. The molecule has 2 aliphatic rings. The predicted molar refractivity (Wildman–Crippen MR) is 230 cm³/mol. The van der Waals surface area contributed by atoms with Crippen LogP contribution in [0.25, 0.3) is 0 Å². The van der Waals surface area contributed by atoms with Crippen molar-refractivity contribution in [1.29, 1.82) is 0 Å². The Morgan fingerprint density at radius 2 is 1.13 bits per heavy atom. The number of carbonyl (C=O) groups is 1. The van der Waals surface area contributed by atoms with Crippen LogP contribution in [0.15, 0.2) is 91.0 Å². The van der Waals surface area contributed by atoms with E-state index in [0.717, 1.165) is 5.75 Å². The fourth-order valence-corrected chi connectivity index (χ4v) is 5.20. The molecular weight excluding hydrogens is 1110 g/mol. The van der Waals surface area contributed by atoms with Gasteiger partial charge in [-0.1, -0.05) is 54.6 Å². The second-order valence-corrected chi connectivity index (χ2v) is 12.1. The van der Waals surface area contributed by atoms with Crippen molar-refractivity contribution in [1.82, 2.24) is 10.2 Å². The number of ether oxygens (including phenoxy) is 1. The topological polar surface area (TPSA) is 335 Å². The molecule has 0 aliphatic carbocycles.